The molecule has 2 aromatic rings. The summed E-state index contributed by atoms with van der Waals surface area (Å²) in [4.78, 5) is 16.1. The Morgan fingerprint density at radius 2 is 2.10 bits per heavy atom. The maximum absolute atomic E-state index is 12.7. The van der Waals surface area contributed by atoms with E-state index in [4.69, 9.17) is 0 Å². The van der Waals surface area contributed by atoms with Gasteiger partial charge in [-0.05, 0) is 44.7 Å². The molecule has 1 aromatic carbocycles. The van der Waals surface area contributed by atoms with Gasteiger partial charge < -0.3 is 10.3 Å². The molecular formula is C17H22N2O. The van der Waals surface area contributed by atoms with Crippen molar-refractivity contribution in [3.63, 3.8) is 0 Å². The molecule has 1 aromatic heterocycles. The second-order valence-corrected chi connectivity index (χ2v) is 6.04. The molecule has 1 unspecified atom stereocenters. The number of amides is 1. The van der Waals surface area contributed by atoms with Crippen LogP contribution in [0.25, 0.3) is 10.9 Å². The van der Waals surface area contributed by atoms with Crippen LogP contribution in [0.1, 0.15) is 44.4 Å². The Morgan fingerprint density at radius 1 is 1.40 bits per heavy atom. The van der Waals surface area contributed by atoms with Crippen molar-refractivity contribution in [3.8, 4) is 0 Å². The zero-order chi connectivity index (χ0) is 14.3. The fourth-order valence-corrected chi connectivity index (χ4v) is 3.07. The highest BCUT2D eigenvalue weighted by atomic mass is 16.2. The molecule has 3 rings (SSSR count). The van der Waals surface area contributed by atoms with Gasteiger partial charge in [0.25, 0.3) is 0 Å². The molecule has 0 bridgehead atoms. The minimum absolute atomic E-state index is 0.194. The second-order valence-electron chi connectivity index (χ2n) is 6.04. The first-order valence-corrected chi connectivity index (χ1v) is 7.47. The van der Waals surface area contributed by atoms with E-state index in [1.165, 1.54) is 10.9 Å². The fourth-order valence-electron chi connectivity index (χ4n) is 3.07. The SMILES string of the molecule is CCC(C)NC(=O)C1(c2c(C)[nH]c3ccccc23)CC1. The summed E-state index contributed by atoms with van der Waals surface area (Å²) in [6, 6.07) is 8.51. The van der Waals surface area contributed by atoms with Crippen molar-refractivity contribution >= 4 is 16.8 Å². The van der Waals surface area contributed by atoms with E-state index in [-0.39, 0.29) is 17.4 Å². The highest BCUT2D eigenvalue weighted by Gasteiger charge is 2.53. The van der Waals surface area contributed by atoms with E-state index in [0.717, 1.165) is 30.5 Å². The number of nitrogens with one attached hydrogen (secondary N) is 2. The molecule has 1 aliphatic carbocycles. The molecule has 0 saturated heterocycles. The lowest BCUT2D eigenvalue weighted by molar-refractivity contribution is -0.124. The summed E-state index contributed by atoms with van der Waals surface area (Å²) in [5, 5.41) is 4.36. The van der Waals surface area contributed by atoms with Gasteiger partial charge in [0.2, 0.25) is 5.91 Å². The van der Waals surface area contributed by atoms with Crippen LogP contribution in [0.2, 0.25) is 0 Å². The van der Waals surface area contributed by atoms with Gasteiger partial charge in [-0.3, -0.25) is 4.79 Å². The summed E-state index contributed by atoms with van der Waals surface area (Å²) in [5.41, 5.74) is 3.16. The smallest absolute Gasteiger partial charge is 0.230 e. The summed E-state index contributed by atoms with van der Waals surface area (Å²) in [6.45, 7) is 6.24. The topological polar surface area (TPSA) is 44.9 Å². The fraction of sp³-hybridized carbons (Fsp3) is 0.471. The number of rotatable bonds is 4. The van der Waals surface area contributed by atoms with Gasteiger partial charge in [0.05, 0.1) is 5.41 Å². The van der Waals surface area contributed by atoms with Crippen LogP contribution in [-0.4, -0.2) is 16.9 Å². The lowest BCUT2D eigenvalue weighted by Crippen LogP contribution is -2.40. The lowest BCUT2D eigenvalue weighted by Gasteiger charge is -2.19. The zero-order valence-electron chi connectivity index (χ0n) is 12.4. The summed E-state index contributed by atoms with van der Waals surface area (Å²) < 4.78 is 0. The number of hydrogen-bond acceptors (Lipinski definition) is 1. The highest BCUT2D eigenvalue weighted by molar-refractivity contribution is 5.98. The number of hydrogen-bond donors (Lipinski definition) is 2. The van der Waals surface area contributed by atoms with E-state index < -0.39 is 0 Å². The van der Waals surface area contributed by atoms with Crippen LogP contribution in [0.3, 0.4) is 0 Å². The van der Waals surface area contributed by atoms with E-state index >= 15 is 0 Å². The van der Waals surface area contributed by atoms with Gasteiger partial charge in [0.1, 0.15) is 0 Å². The third kappa shape index (κ3) is 1.92. The highest BCUT2D eigenvalue weighted by Crippen LogP contribution is 2.52. The van der Waals surface area contributed by atoms with Crippen LogP contribution in [0.5, 0.6) is 0 Å². The molecule has 1 saturated carbocycles. The van der Waals surface area contributed by atoms with E-state index in [2.05, 4.69) is 43.2 Å². The average Bonchev–Trinajstić information content (AvgIpc) is 3.16. The predicted molar refractivity (Wildman–Crippen MR) is 81.8 cm³/mol. The third-order valence-electron chi connectivity index (χ3n) is 4.55. The third-order valence-corrected chi connectivity index (χ3v) is 4.55. The van der Waals surface area contributed by atoms with Gasteiger partial charge >= 0.3 is 0 Å². The number of aromatic amines is 1. The first kappa shape index (κ1) is 13.2. The van der Waals surface area contributed by atoms with Gasteiger partial charge in [-0.1, -0.05) is 25.1 Å². The molecule has 0 radical (unpaired) electrons. The number of aryl methyl sites for hydroxylation is 1. The van der Waals surface area contributed by atoms with Gasteiger partial charge in [-0.15, -0.1) is 0 Å². The molecule has 1 amide bonds. The summed E-state index contributed by atoms with van der Waals surface area (Å²) in [7, 11) is 0. The zero-order valence-corrected chi connectivity index (χ0v) is 12.4. The Morgan fingerprint density at radius 3 is 2.75 bits per heavy atom. The number of fused-ring (bicyclic) bond motifs is 1. The Kier molecular flexibility index (Phi) is 3.08. The van der Waals surface area contributed by atoms with Crippen LogP contribution in [0.4, 0.5) is 0 Å². The summed E-state index contributed by atoms with van der Waals surface area (Å²) >= 11 is 0. The summed E-state index contributed by atoms with van der Waals surface area (Å²) in [6.07, 6.45) is 2.88. The molecule has 1 fully saturated rings. The minimum atomic E-state index is -0.298. The molecule has 106 valence electrons. The number of para-hydroxylation sites is 1. The summed E-state index contributed by atoms with van der Waals surface area (Å²) in [5.74, 6) is 0.194. The Balaban J connectivity index is 2.02. The average molecular weight is 270 g/mol. The van der Waals surface area contributed by atoms with E-state index in [0.29, 0.717) is 0 Å². The molecule has 1 atom stereocenters. The first-order chi connectivity index (χ1) is 9.58. The molecule has 1 aliphatic rings. The molecule has 20 heavy (non-hydrogen) atoms. The van der Waals surface area contributed by atoms with Crippen LogP contribution >= 0.6 is 0 Å². The van der Waals surface area contributed by atoms with Crippen molar-refractivity contribution in [3.05, 3.63) is 35.5 Å². The molecule has 1 heterocycles. The van der Waals surface area contributed by atoms with Gasteiger partial charge in [0.15, 0.2) is 0 Å². The maximum atomic E-state index is 12.7. The van der Waals surface area contributed by atoms with Crippen molar-refractivity contribution in [2.45, 2.75) is 51.5 Å². The van der Waals surface area contributed by atoms with Crippen LogP contribution in [-0.2, 0) is 10.2 Å². The van der Waals surface area contributed by atoms with E-state index in [1.54, 1.807) is 0 Å². The minimum Gasteiger partial charge on any atom is -0.358 e. The Bertz CT molecular complexity index is 652. The van der Waals surface area contributed by atoms with Gasteiger partial charge in [0, 0.05) is 22.6 Å². The normalized spacial score (nSPS) is 17.9. The molecule has 3 nitrogen and oxygen atoms in total. The monoisotopic (exact) mass is 270 g/mol. The Hall–Kier alpha value is -1.77. The molecular weight excluding hydrogens is 248 g/mol. The maximum Gasteiger partial charge on any atom is 0.230 e. The number of carbonyl (C=O) groups is 1. The number of carbonyl (C=O) groups excluding carboxylic acids is 1. The van der Waals surface area contributed by atoms with Gasteiger partial charge in [-0.2, -0.15) is 0 Å². The largest absolute Gasteiger partial charge is 0.358 e. The number of benzene rings is 1. The van der Waals surface area contributed by atoms with Crippen molar-refractivity contribution in [1.29, 1.82) is 0 Å². The quantitative estimate of drug-likeness (QED) is 0.878. The molecule has 2 N–H and O–H groups in total. The van der Waals surface area contributed by atoms with Crippen molar-refractivity contribution in [2.24, 2.45) is 0 Å². The number of H-pyrrole nitrogens is 1. The first-order valence-electron chi connectivity index (χ1n) is 7.47. The van der Waals surface area contributed by atoms with E-state index in [9.17, 15) is 4.79 Å². The van der Waals surface area contributed by atoms with Crippen molar-refractivity contribution in [2.75, 3.05) is 0 Å². The van der Waals surface area contributed by atoms with Crippen molar-refractivity contribution < 1.29 is 4.79 Å². The number of aromatic nitrogens is 1. The predicted octanol–water partition coefficient (Wildman–Crippen LogP) is 3.42. The van der Waals surface area contributed by atoms with Crippen LogP contribution in [0, 0.1) is 6.92 Å². The molecule has 0 spiro atoms. The van der Waals surface area contributed by atoms with Crippen molar-refractivity contribution in [1.82, 2.24) is 10.3 Å². The molecule has 0 aliphatic heterocycles. The second kappa shape index (κ2) is 4.65. The molecule has 3 heteroatoms. The van der Waals surface area contributed by atoms with Crippen LogP contribution < -0.4 is 5.32 Å². The Labute approximate surface area is 119 Å². The lowest BCUT2D eigenvalue weighted by atomic mass is 9.91. The standard InChI is InChI=1S/C17H22N2O/c1-4-11(2)18-16(20)17(9-10-17)15-12(3)19-14-8-6-5-7-13(14)15/h5-8,11,19H,4,9-10H2,1-3H3,(H,18,20). The van der Waals surface area contributed by atoms with Crippen LogP contribution in [0.15, 0.2) is 24.3 Å². The van der Waals surface area contributed by atoms with E-state index in [1.807, 2.05) is 12.1 Å². The van der Waals surface area contributed by atoms with Gasteiger partial charge in [-0.25, -0.2) is 0 Å².